The molecule has 0 radical (unpaired) electrons. The lowest BCUT2D eigenvalue weighted by Gasteiger charge is -2.18. The van der Waals surface area contributed by atoms with E-state index in [9.17, 15) is 18.3 Å². The van der Waals surface area contributed by atoms with E-state index in [-0.39, 0.29) is 17.7 Å². The molecule has 0 aliphatic heterocycles. The van der Waals surface area contributed by atoms with Crippen LogP contribution in [0.25, 0.3) is 0 Å². The number of rotatable bonds is 6. The smallest absolute Gasteiger partial charge is 0.393 e. The van der Waals surface area contributed by atoms with Gasteiger partial charge >= 0.3 is 6.18 Å². The Morgan fingerprint density at radius 2 is 1.85 bits per heavy atom. The molecule has 2 atom stereocenters. The van der Waals surface area contributed by atoms with Crippen molar-refractivity contribution in [1.29, 1.82) is 0 Å². The monoisotopic (exact) mass is 291 g/mol. The highest BCUT2D eigenvalue weighted by atomic mass is 19.4. The number of aromatic nitrogens is 1. The number of halogens is 3. The maximum atomic E-state index is 12.8. The van der Waals surface area contributed by atoms with E-state index in [1.807, 2.05) is 0 Å². The zero-order valence-electron chi connectivity index (χ0n) is 11.8. The van der Waals surface area contributed by atoms with Crippen LogP contribution in [0, 0.1) is 0 Å². The van der Waals surface area contributed by atoms with Crippen LogP contribution in [0.5, 0.6) is 0 Å². The summed E-state index contributed by atoms with van der Waals surface area (Å²) < 4.78 is 38.4. The van der Waals surface area contributed by atoms with Gasteiger partial charge in [-0.1, -0.05) is 0 Å². The predicted octanol–water partition coefficient (Wildman–Crippen LogP) is 3.10. The molecule has 0 aromatic carbocycles. The summed E-state index contributed by atoms with van der Waals surface area (Å²) in [6, 6.07) is 1.77. The molecule has 7 heteroatoms. The lowest BCUT2D eigenvalue weighted by Crippen LogP contribution is -2.22. The van der Waals surface area contributed by atoms with E-state index in [1.165, 1.54) is 0 Å². The second-order valence-corrected chi connectivity index (χ2v) is 4.78. The van der Waals surface area contributed by atoms with Gasteiger partial charge in [-0.25, -0.2) is 4.98 Å². The number of aliphatic hydroxyl groups is 1. The van der Waals surface area contributed by atoms with Crippen molar-refractivity contribution in [3.8, 4) is 0 Å². The Kier molecular flexibility index (Phi) is 5.62. The topological polar surface area (TPSA) is 57.2 Å². The Labute approximate surface area is 116 Å². The van der Waals surface area contributed by atoms with Crippen LogP contribution in [0.4, 0.5) is 24.8 Å². The van der Waals surface area contributed by atoms with Gasteiger partial charge in [0, 0.05) is 12.6 Å². The zero-order chi connectivity index (χ0) is 15.3. The summed E-state index contributed by atoms with van der Waals surface area (Å²) in [4.78, 5) is 4.08. The largest absolute Gasteiger partial charge is 0.416 e. The predicted molar refractivity (Wildman–Crippen MR) is 72.8 cm³/mol. The summed E-state index contributed by atoms with van der Waals surface area (Å²) in [5.74, 6) is 0.318. The number of alkyl halides is 3. The van der Waals surface area contributed by atoms with Crippen molar-refractivity contribution in [3.05, 3.63) is 17.7 Å². The van der Waals surface area contributed by atoms with Crippen molar-refractivity contribution in [1.82, 2.24) is 4.98 Å². The molecule has 0 spiro atoms. The molecule has 4 nitrogen and oxygen atoms in total. The molecule has 2 unspecified atom stereocenters. The average Bonchev–Trinajstić information content (AvgIpc) is 2.26. The fraction of sp³-hybridized carbons (Fsp3) is 0.615. The standard InChI is InChI=1S/C13H20F3N3O/c1-4-17-11-6-10(13(14,15)16)7-12(19-11)18-8(2)5-9(3)20/h6-9,20H,4-5H2,1-3H3,(H2,17,18,19). The van der Waals surface area contributed by atoms with Gasteiger partial charge < -0.3 is 15.7 Å². The Balaban J connectivity index is 2.97. The van der Waals surface area contributed by atoms with Gasteiger partial charge in [0.2, 0.25) is 0 Å². The molecular formula is C13H20F3N3O. The van der Waals surface area contributed by atoms with E-state index in [0.717, 1.165) is 12.1 Å². The number of hydrogen-bond donors (Lipinski definition) is 3. The minimum atomic E-state index is -4.42. The summed E-state index contributed by atoms with van der Waals surface area (Å²) in [6.07, 6.45) is -4.53. The van der Waals surface area contributed by atoms with Crippen molar-refractivity contribution in [2.75, 3.05) is 17.2 Å². The van der Waals surface area contributed by atoms with Crippen LogP contribution in [0.15, 0.2) is 12.1 Å². The summed E-state index contributed by atoms with van der Waals surface area (Å²) in [7, 11) is 0. The van der Waals surface area contributed by atoms with E-state index < -0.39 is 17.8 Å². The first-order chi connectivity index (χ1) is 9.22. The van der Waals surface area contributed by atoms with E-state index in [1.54, 1.807) is 20.8 Å². The fourth-order valence-corrected chi connectivity index (χ4v) is 1.86. The van der Waals surface area contributed by atoms with Gasteiger partial charge in [0.25, 0.3) is 0 Å². The summed E-state index contributed by atoms with van der Waals surface area (Å²) in [5, 5.41) is 14.9. The van der Waals surface area contributed by atoms with E-state index >= 15 is 0 Å². The third kappa shape index (κ3) is 5.24. The number of pyridine rings is 1. The van der Waals surface area contributed by atoms with Crippen LogP contribution < -0.4 is 10.6 Å². The van der Waals surface area contributed by atoms with Gasteiger partial charge in [0.15, 0.2) is 0 Å². The van der Waals surface area contributed by atoms with Crippen LogP contribution in [-0.2, 0) is 6.18 Å². The molecular weight excluding hydrogens is 271 g/mol. The average molecular weight is 291 g/mol. The molecule has 1 heterocycles. The zero-order valence-corrected chi connectivity index (χ0v) is 11.8. The lowest BCUT2D eigenvalue weighted by atomic mass is 10.1. The molecule has 0 saturated carbocycles. The Morgan fingerprint density at radius 3 is 2.35 bits per heavy atom. The van der Waals surface area contributed by atoms with Gasteiger partial charge in [-0.2, -0.15) is 13.2 Å². The van der Waals surface area contributed by atoms with E-state index in [4.69, 9.17) is 0 Å². The van der Waals surface area contributed by atoms with Crippen LogP contribution >= 0.6 is 0 Å². The first kappa shape index (κ1) is 16.6. The van der Waals surface area contributed by atoms with Gasteiger partial charge in [0.05, 0.1) is 11.7 Å². The number of anilines is 2. The first-order valence-corrected chi connectivity index (χ1v) is 6.50. The first-order valence-electron chi connectivity index (χ1n) is 6.50. The Morgan fingerprint density at radius 1 is 1.25 bits per heavy atom. The molecule has 3 N–H and O–H groups in total. The number of nitrogens with one attached hydrogen (secondary N) is 2. The number of aliphatic hydroxyl groups excluding tert-OH is 1. The third-order valence-corrected chi connectivity index (χ3v) is 2.60. The van der Waals surface area contributed by atoms with Gasteiger partial charge in [-0.05, 0) is 39.3 Å². The van der Waals surface area contributed by atoms with Crippen LogP contribution in [0.1, 0.15) is 32.8 Å². The maximum absolute atomic E-state index is 12.8. The summed E-state index contributed by atoms with van der Waals surface area (Å²) in [5.41, 5.74) is -0.754. The molecule has 0 aliphatic carbocycles. The molecule has 1 aromatic heterocycles. The molecule has 20 heavy (non-hydrogen) atoms. The van der Waals surface area contributed by atoms with Crippen molar-refractivity contribution in [2.24, 2.45) is 0 Å². The van der Waals surface area contributed by atoms with Crippen LogP contribution in [-0.4, -0.2) is 28.8 Å². The molecule has 0 bridgehead atoms. The summed E-state index contributed by atoms with van der Waals surface area (Å²) in [6.45, 7) is 5.67. The number of hydrogen-bond acceptors (Lipinski definition) is 4. The van der Waals surface area contributed by atoms with Crippen molar-refractivity contribution in [2.45, 2.75) is 45.5 Å². The normalized spacial score (nSPS) is 14.8. The highest BCUT2D eigenvalue weighted by Gasteiger charge is 2.31. The molecule has 0 amide bonds. The molecule has 1 rings (SSSR count). The number of nitrogens with zero attached hydrogens (tertiary/aromatic N) is 1. The second-order valence-electron chi connectivity index (χ2n) is 4.78. The minimum absolute atomic E-state index is 0.143. The highest BCUT2D eigenvalue weighted by molar-refractivity contribution is 5.50. The molecule has 0 aliphatic rings. The quantitative estimate of drug-likeness (QED) is 0.754. The van der Waals surface area contributed by atoms with E-state index in [2.05, 4.69) is 15.6 Å². The second kappa shape index (κ2) is 6.78. The fourth-order valence-electron chi connectivity index (χ4n) is 1.86. The van der Waals surface area contributed by atoms with Crippen LogP contribution in [0.3, 0.4) is 0 Å². The van der Waals surface area contributed by atoms with E-state index in [0.29, 0.717) is 13.0 Å². The molecule has 0 saturated heterocycles. The van der Waals surface area contributed by atoms with Gasteiger partial charge in [0.1, 0.15) is 11.6 Å². The maximum Gasteiger partial charge on any atom is 0.416 e. The SMILES string of the molecule is CCNc1cc(C(F)(F)F)cc(NC(C)CC(C)O)n1. The molecule has 0 fully saturated rings. The van der Waals surface area contributed by atoms with Crippen molar-refractivity contribution < 1.29 is 18.3 Å². The Hall–Kier alpha value is -1.50. The Bertz CT molecular complexity index is 435. The highest BCUT2D eigenvalue weighted by Crippen LogP contribution is 2.32. The third-order valence-electron chi connectivity index (χ3n) is 2.60. The minimum Gasteiger partial charge on any atom is -0.393 e. The molecule has 1 aromatic rings. The van der Waals surface area contributed by atoms with Crippen molar-refractivity contribution >= 4 is 11.6 Å². The van der Waals surface area contributed by atoms with Gasteiger partial charge in [-0.3, -0.25) is 0 Å². The molecule has 114 valence electrons. The van der Waals surface area contributed by atoms with Crippen molar-refractivity contribution in [3.63, 3.8) is 0 Å². The lowest BCUT2D eigenvalue weighted by molar-refractivity contribution is -0.137. The van der Waals surface area contributed by atoms with Crippen LogP contribution in [0.2, 0.25) is 0 Å². The van der Waals surface area contributed by atoms with Gasteiger partial charge in [-0.15, -0.1) is 0 Å². The summed E-state index contributed by atoms with van der Waals surface area (Å²) >= 11 is 0.